The highest BCUT2D eigenvalue weighted by molar-refractivity contribution is 7.99. The van der Waals surface area contributed by atoms with Crippen molar-refractivity contribution in [3.8, 4) is 11.3 Å². The van der Waals surface area contributed by atoms with Crippen LogP contribution in [0, 0.1) is 5.92 Å². The standard InChI is InChI=1S/C30H34Cl2N4O2S2/c1-20(37)36(25-12-14-35(15-13-25)18-21-10-11-26(31)27(32)16-21)40-30-34-28(19-39-30)23-8-5-9-24(17-23)33-29(38)22-6-3-2-4-7-22/h5,8-11,16-17,19,22,25H,2-4,6-7,12-15,18H2,1H3,(H,33,38). The van der Waals surface area contributed by atoms with E-state index >= 15 is 0 Å². The lowest BCUT2D eigenvalue weighted by atomic mass is 9.88. The molecule has 40 heavy (non-hydrogen) atoms. The second-order valence-electron chi connectivity index (χ2n) is 10.6. The Labute approximate surface area is 254 Å². The predicted octanol–water partition coefficient (Wildman–Crippen LogP) is 8.16. The molecule has 0 bridgehead atoms. The summed E-state index contributed by atoms with van der Waals surface area (Å²) >= 11 is 15.2. The fourth-order valence-corrected chi connectivity index (χ4v) is 7.71. The van der Waals surface area contributed by atoms with Crippen LogP contribution in [0.5, 0.6) is 0 Å². The van der Waals surface area contributed by atoms with E-state index < -0.39 is 0 Å². The van der Waals surface area contributed by atoms with Crippen LogP contribution in [0.3, 0.4) is 0 Å². The van der Waals surface area contributed by atoms with Gasteiger partial charge in [-0.15, -0.1) is 11.3 Å². The van der Waals surface area contributed by atoms with Gasteiger partial charge in [-0.25, -0.2) is 4.98 Å². The van der Waals surface area contributed by atoms with Gasteiger partial charge >= 0.3 is 0 Å². The predicted molar refractivity (Wildman–Crippen MR) is 166 cm³/mol. The van der Waals surface area contributed by atoms with Gasteiger partial charge in [0.2, 0.25) is 11.8 Å². The van der Waals surface area contributed by atoms with Crippen molar-refractivity contribution in [2.45, 2.75) is 68.8 Å². The van der Waals surface area contributed by atoms with E-state index in [-0.39, 0.29) is 23.8 Å². The maximum absolute atomic E-state index is 12.7. The van der Waals surface area contributed by atoms with E-state index in [0.717, 1.165) is 85.0 Å². The number of aromatic nitrogens is 1. The fraction of sp³-hybridized carbons (Fsp3) is 0.433. The molecular formula is C30H34Cl2N4O2S2. The van der Waals surface area contributed by atoms with Gasteiger partial charge in [-0.2, -0.15) is 0 Å². The molecule has 10 heteroatoms. The van der Waals surface area contributed by atoms with Gasteiger partial charge in [-0.05, 0) is 55.5 Å². The van der Waals surface area contributed by atoms with Gasteiger partial charge in [0, 0.05) is 67.1 Å². The molecule has 1 N–H and O–H groups in total. The molecule has 5 rings (SSSR count). The van der Waals surface area contributed by atoms with Crippen molar-refractivity contribution in [2.24, 2.45) is 5.92 Å². The summed E-state index contributed by atoms with van der Waals surface area (Å²) in [6.07, 6.45) is 7.23. The zero-order chi connectivity index (χ0) is 28.1. The van der Waals surface area contributed by atoms with Crippen LogP contribution in [-0.2, 0) is 16.1 Å². The highest BCUT2D eigenvalue weighted by Crippen LogP contribution is 2.35. The second-order valence-corrected chi connectivity index (χ2v) is 13.5. The van der Waals surface area contributed by atoms with Gasteiger partial charge in [-0.3, -0.25) is 18.8 Å². The Bertz CT molecular complexity index is 1340. The number of halogens is 2. The van der Waals surface area contributed by atoms with E-state index in [9.17, 15) is 9.59 Å². The Morgan fingerprint density at radius 1 is 1.05 bits per heavy atom. The molecule has 2 fully saturated rings. The summed E-state index contributed by atoms with van der Waals surface area (Å²) in [6.45, 7) is 4.24. The van der Waals surface area contributed by atoms with Crippen LogP contribution >= 0.6 is 46.5 Å². The zero-order valence-corrected chi connectivity index (χ0v) is 25.7. The number of carbonyl (C=O) groups excluding carboxylic acids is 2. The van der Waals surface area contributed by atoms with Crippen LogP contribution in [0.1, 0.15) is 57.4 Å². The summed E-state index contributed by atoms with van der Waals surface area (Å²) in [5.74, 6) is 0.267. The van der Waals surface area contributed by atoms with Gasteiger partial charge in [0.15, 0.2) is 4.34 Å². The van der Waals surface area contributed by atoms with E-state index in [2.05, 4.69) is 10.2 Å². The summed E-state index contributed by atoms with van der Waals surface area (Å²) in [7, 11) is 0. The first-order valence-electron chi connectivity index (χ1n) is 13.9. The fourth-order valence-electron chi connectivity index (χ4n) is 5.49. The lowest BCUT2D eigenvalue weighted by Crippen LogP contribution is -2.43. The van der Waals surface area contributed by atoms with E-state index in [1.807, 2.05) is 52.1 Å². The van der Waals surface area contributed by atoms with Gasteiger partial charge in [0.1, 0.15) is 0 Å². The van der Waals surface area contributed by atoms with Crippen LogP contribution < -0.4 is 5.32 Å². The van der Waals surface area contributed by atoms with Crippen molar-refractivity contribution >= 4 is 64.0 Å². The number of hydrogen-bond donors (Lipinski definition) is 1. The molecular weight excluding hydrogens is 583 g/mol. The number of nitrogens with zero attached hydrogens (tertiary/aromatic N) is 3. The van der Waals surface area contributed by atoms with Gasteiger partial charge in [-0.1, -0.05) is 60.7 Å². The number of hydrogen-bond acceptors (Lipinski definition) is 6. The number of nitrogens with one attached hydrogen (secondary N) is 1. The molecule has 1 saturated heterocycles. The van der Waals surface area contributed by atoms with Gasteiger partial charge in [0.05, 0.1) is 15.7 Å². The van der Waals surface area contributed by atoms with Crippen LogP contribution in [0.15, 0.2) is 52.2 Å². The molecule has 2 amide bonds. The Morgan fingerprint density at radius 2 is 1.82 bits per heavy atom. The molecule has 0 atom stereocenters. The number of piperidine rings is 1. The number of rotatable bonds is 8. The first kappa shape index (κ1) is 29.4. The smallest absolute Gasteiger partial charge is 0.229 e. The largest absolute Gasteiger partial charge is 0.326 e. The molecule has 1 saturated carbocycles. The summed E-state index contributed by atoms with van der Waals surface area (Å²) in [5.41, 5.74) is 3.74. The Morgan fingerprint density at radius 3 is 2.55 bits per heavy atom. The average molecular weight is 618 g/mol. The van der Waals surface area contributed by atoms with Crippen LogP contribution in [0.2, 0.25) is 10.0 Å². The number of amides is 2. The molecule has 1 aliphatic heterocycles. The van der Waals surface area contributed by atoms with E-state index in [1.165, 1.54) is 29.7 Å². The first-order chi connectivity index (χ1) is 19.4. The van der Waals surface area contributed by atoms with Crippen LogP contribution in [0.4, 0.5) is 5.69 Å². The van der Waals surface area contributed by atoms with Crippen LogP contribution in [0.25, 0.3) is 11.3 Å². The van der Waals surface area contributed by atoms with Crippen molar-refractivity contribution in [3.05, 3.63) is 63.5 Å². The number of likely N-dealkylation sites (tertiary alicyclic amines) is 1. The minimum absolute atomic E-state index is 0.0390. The third kappa shape index (κ3) is 7.59. The second kappa shape index (κ2) is 13.7. The third-order valence-corrected chi connectivity index (χ3v) is 10.5. The monoisotopic (exact) mass is 616 g/mol. The molecule has 6 nitrogen and oxygen atoms in total. The van der Waals surface area contributed by atoms with Gasteiger partial charge < -0.3 is 5.32 Å². The number of anilines is 1. The minimum Gasteiger partial charge on any atom is -0.326 e. The quantitative estimate of drug-likeness (QED) is 0.259. The van der Waals surface area contributed by atoms with E-state index in [4.69, 9.17) is 28.2 Å². The molecule has 1 aromatic heterocycles. The summed E-state index contributed by atoms with van der Waals surface area (Å²) in [5, 5.41) is 6.26. The topological polar surface area (TPSA) is 65.5 Å². The van der Waals surface area contributed by atoms with Crippen molar-refractivity contribution < 1.29 is 9.59 Å². The number of benzene rings is 2. The molecule has 3 aromatic rings. The maximum atomic E-state index is 12.7. The molecule has 2 aliphatic rings. The molecule has 0 unspecified atom stereocenters. The Balaban J connectivity index is 1.18. The zero-order valence-electron chi connectivity index (χ0n) is 22.6. The van der Waals surface area contributed by atoms with Crippen molar-refractivity contribution in [3.63, 3.8) is 0 Å². The lowest BCUT2D eigenvalue weighted by Gasteiger charge is -2.37. The number of thiazole rings is 1. The summed E-state index contributed by atoms with van der Waals surface area (Å²) in [4.78, 5) is 32.6. The number of carbonyl (C=O) groups is 2. The normalized spacial score (nSPS) is 17.1. The summed E-state index contributed by atoms with van der Waals surface area (Å²) < 4.78 is 2.72. The first-order valence-corrected chi connectivity index (χ1v) is 16.3. The maximum Gasteiger partial charge on any atom is 0.229 e. The Kier molecular flexibility index (Phi) is 10.1. The highest BCUT2D eigenvalue weighted by atomic mass is 35.5. The average Bonchev–Trinajstić information content (AvgIpc) is 3.44. The van der Waals surface area contributed by atoms with Gasteiger partial charge in [0.25, 0.3) is 0 Å². The molecule has 2 aromatic carbocycles. The van der Waals surface area contributed by atoms with E-state index in [1.54, 1.807) is 6.92 Å². The van der Waals surface area contributed by atoms with Crippen molar-refractivity contribution in [2.75, 3.05) is 18.4 Å². The van der Waals surface area contributed by atoms with Crippen molar-refractivity contribution in [1.29, 1.82) is 0 Å². The molecule has 1 aliphatic carbocycles. The SMILES string of the molecule is CC(=O)N(Sc1nc(-c2cccc(NC(=O)C3CCCCC3)c2)cs1)C1CCN(Cc2ccc(Cl)c(Cl)c2)CC1. The molecule has 0 radical (unpaired) electrons. The molecule has 212 valence electrons. The highest BCUT2D eigenvalue weighted by Gasteiger charge is 2.28. The minimum atomic E-state index is 0.0390. The van der Waals surface area contributed by atoms with Crippen molar-refractivity contribution in [1.82, 2.24) is 14.2 Å². The molecule has 2 heterocycles. The summed E-state index contributed by atoms with van der Waals surface area (Å²) in [6, 6.07) is 13.8. The molecule has 0 spiro atoms. The third-order valence-electron chi connectivity index (χ3n) is 7.65. The Hall–Kier alpha value is -2.10. The lowest BCUT2D eigenvalue weighted by molar-refractivity contribution is -0.126. The van der Waals surface area contributed by atoms with E-state index in [0.29, 0.717) is 10.0 Å². The van der Waals surface area contributed by atoms with Crippen LogP contribution in [-0.4, -0.2) is 45.1 Å².